The summed E-state index contributed by atoms with van der Waals surface area (Å²) in [4.78, 5) is 29.5. The Morgan fingerprint density at radius 1 is 0.926 bits per heavy atom. The molecule has 27 heavy (non-hydrogen) atoms. The second-order valence-corrected chi connectivity index (χ2v) is 8.32. The number of carbonyl (C=O) groups is 2. The summed E-state index contributed by atoms with van der Waals surface area (Å²) in [6, 6.07) is 8.51. The van der Waals surface area contributed by atoms with Crippen molar-refractivity contribution < 1.29 is 9.59 Å². The monoisotopic (exact) mass is 369 g/mol. The summed E-state index contributed by atoms with van der Waals surface area (Å²) < 4.78 is 0. The Kier molecular flexibility index (Phi) is 5.65. The van der Waals surface area contributed by atoms with Crippen molar-refractivity contribution in [2.45, 2.75) is 63.8 Å². The van der Waals surface area contributed by atoms with Gasteiger partial charge in [0.15, 0.2) is 0 Å². The van der Waals surface area contributed by atoms with E-state index in [2.05, 4.69) is 22.3 Å². The molecule has 0 spiro atoms. The van der Waals surface area contributed by atoms with Gasteiger partial charge in [-0.05, 0) is 56.4 Å². The molecule has 1 saturated carbocycles. The molecule has 2 amide bonds. The van der Waals surface area contributed by atoms with Crippen LogP contribution in [0.5, 0.6) is 0 Å². The average Bonchev–Trinajstić information content (AvgIpc) is 3.12. The van der Waals surface area contributed by atoms with Gasteiger partial charge in [-0.25, -0.2) is 0 Å². The predicted octanol–water partition coefficient (Wildman–Crippen LogP) is 3.80. The molecule has 2 saturated heterocycles. The lowest BCUT2D eigenvalue weighted by Gasteiger charge is -2.31. The van der Waals surface area contributed by atoms with Gasteiger partial charge >= 0.3 is 0 Å². The van der Waals surface area contributed by atoms with Crippen molar-refractivity contribution in [2.75, 3.05) is 29.9 Å². The van der Waals surface area contributed by atoms with E-state index in [1.165, 1.54) is 44.2 Å². The van der Waals surface area contributed by atoms with Crippen LogP contribution in [0.25, 0.3) is 0 Å². The lowest BCUT2D eigenvalue weighted by molar-refractivity contribution is -0.130. The molecular formula is C22H31N3O2. The highest BCUT2D eigenvalue weighted by molar-refractivity contribution is 5.97. The Morgan fingerprint density at radius 2 is 1.59 bits per heavy atom. The second-order valence-electron chi connectivity index (χ2n) is 8.32. The highest BCUT2D eigenvalue weighted by Crippen LogP contribution is 2.29. The summed E-state index contributed by atoms with van der Waals surface area (Å²) in [5.41, 5.74) is 2.05. The van der Waals surface area contributed by atoms with E-state index in [-0.39, 0.29) is 17.7 Å². The van der Waals surface area contributed by atoms with Gasteiger partial charge < -0.3 is 15.1 Å². The zero-order valence-electron chi connectivity index (χ0n) is 16.2. The highest BCUT2D eigenvalue weighted by Gasteiger charge is 2.38. The first-order chi connectivity index (χ1) is 13.2. The van der Waals surface area contributed by atoms with E-state index in [0.29, 0.717) is 19.0 Å². The highest BCUT2D eigenvalue weighted by atomic mass is 16.2. The molecule has 4 rings (SSSR count). The zero-order valence-corrected chi connectivity index (χ0v) is 16.2. The molecular weight excluding hydrogens is 338 g/mol. The number of anilines is 2. The van der Waals surface area contributed by atoms with Crippen LogP contribution in [-0.4, -0.2) is 42.4 Å². The minimum absolute atomic E-state index is 0.0209. The molecule has 0 radical (unpaired) electrons. The predicted molar refractivity (Wildman–Crippen MR) is 108 cm³/mol. The van der Waals surface area contributed by atoms with Crippen molar-refractivity contribution >= 4 is 23.2 Å². The summed E-state index contributed by atoms with van der Waals surface area (Å²) in [5.74, 6) is -0.0870. The molecule has 1 aliphatic carbocycles. The Labute approximate surface area is 162 Å². The first kappa shape index (κ1) is 18.3. The van der Waals surface area contributed by atoms with E-state index in [0.717, 1.165) is 31.6 Å². The van der Waals surface area contributed by atoms with Crippen molar-refractivity contribution in [3.05, 3.63) is 24.3 Å². The van der Waals surface area contributed by atoms with Gasteiger partial charge in [0.25, 0.3) is 0 Å². The van der Waals surface area contributed by atoms with Crippen LogP contribution < -0.4 is 10.2 Å². The standard InChI is InChI=1S/C22H31N3O2/c26-21-15-17(16-25(21)20-7-3-1-4-8-20)22(27)23-18-9-11-19(12-10-18)24-13-5-2-6-14-24/h9-12,17,20H,1-8,13-16H2,(H,23,27). The maximum Gasteiger partial charge on any atom is 0.229 e. The van der Waals surface area contributed by atoms with Crippen molar-refractivity contribution in [1.29, 1.82) is 0 Å². The molecule has 0 bridgehead atoms. The molecule has 1 aromatic rings. The lowest BCUT2D eigenvalue weighted by Crippen LogP contribution is -2.38. The second kappa shape index (κ2) is 8.32. The molecule has 3 aliphatic rings. The quantitative estimate of drug-likeness (QED) is 0.878. The van der Waals surface area contributed by atoms with Crippen LogP contribution in [0, 0.1) is 5.92 Å². The van der Waals surface area contributed by atoms with E-state index in [4.69, 9.17) is 0 Å². The lowest BCUT2D eigenvalue weighted by atomic mass is 9.94. The average molecular weight is 370 g/mol. The molecule has 2 heterocycles. The molecule has 1 N–H and O–H groups in total. The van der Waals surface area contributed by atoms with Gasteiger partial charge in [-0.15, -0.1) is 0 Å². The Balaban J connectivity index is 1.33. The molecule has 146 valence electrons. The number of carbonyl (C=O) groups excluding carboxylic acids is 2. The van der Waals surface area contributed by atoms with Gasteiger partial charge in [0.1, 0.15) is 0 Å². The third kappa shape index (κ3) is 4.28. The van der Waals surface area contributed by atoms with Crippen LogP contribution >= 0.6 is 0 Å². The summed E-state index contributed by atoms with van der Waals surface area (Å²) in [7, 11) is 0. The fraction of sp³-hybridized carbons (Fsp3) is 0.636. The largest absolute Gasteiger partial charge is 0.372 e. The number of benzene rings is 1. The SMILES string of the molecule is O=C(Nc1ccc(N2CCCCC2)cc1)C1CC(=O)N(C2CCCCC2)C1. The smallest absolute Gasteiger partial charge is 0.229 e. The first-order valence-corrected chi connectivity index (χ1v) is 10.7. The van der Waals surface area contributed by atoms with E-state index in [1.807, 2.05) is 17.0 Å². The number of rotatable bonds is 4. The third-order valence-electron chi connectivity index (χ3n) is 6.40. The fourth-order valence-electron chi connectivity index (χ4n) is 4.80. The van der Waals surface area contributed by atoms with E-state index in [1.54, 1.807) is 0 Å². The van der Waals surface area contributed by atoms with Gasteiger partial charge in [-0.3, -0.25) is 9.59 Å². The van der Waals surface area contributed by atoms with E-state index < -0.39 is 0 Å². The summed E-state index contributed by atoms with van der Waals surface area (Å²) >= 11 is 0. The van der Waals surface area contributed by atoms with Gasteiger partial charge in [0.05, 0.1) is 5.92 Å². The summed E-state index contributed by atoms with van der Waals surface area (Å²) in [6.45, 7) is 2.82. The maximum absolute atomic E-state index is 12.7. The summed E-state index contributed by atoms with van der Waals surface area (Å²) in [5, 5.41) is 3.02. The maximum atomic E-state index is 12.7. The number of amides is 2. The number of likely N-dealkylation sites (tertiary alicyclic amines) is 1. The third-order valence-corrected chi connectivity index (χ3v) is 6.40. The number of hydrogen-bond acceptors (Lipinski definition) is 3. The molecule has 1 aromatic carbocycles. The van der Waals surface area contributed by atoms with Gasteiger partial charge in [0.2, 0.25) is 11.8 Å². The van der Waals surface area contributed by atoms with Crippen LogP contribution in [0.1, 0.15) is 57.8 Å². The van der Waals surface area contributed by atoms with Crippen molar-refractivity contribution in [3.8, 4) is 0 Å². The van der Waals surface area contributed by atoms with Crippen molar-refractivity contribution in [3.63, 3.8) is 0 Å². The normalized spacial score (nSPS) is 24.3. The van der Waals surface area contributed by atoms with E-state index in [9.17, 15) is 9.59 Å². The Bertz CT molecular complexity index is 661. The summed E-state index contributed by atoms with van der Waals surface area (Å²) in [6.07, 6.45) is 10.1. The Hall–Kier alpha value is -2.04. The molecule has 5 nitrogen and oxygen atoms in total. The molecule has 1 atom stereocenters. The number of hydrogen-bond donors (Lipinski definition) is 1. The molecule has 2 aliphatic heterocycles. The van der Waals surface area contributed by atoms with E-state index >= 15 is 0 Å². The van der Waals surface area contributed by atoms with Crippen molar-refractivity contribution in [1.82, 2.24) is 4.90 Å². The van der Waals surface area contributed by atoms with Gasteiger partial charge in [-0.2, -0.15) is 0 Å². The number of nitrogens with one attached hydrogen (secondary N) is 1. The fourth-order valence-corrected chi connectivity index (χ4v) is 4.80. The number of nitrogens with zero attached hydrogens (tertiary/aromatic N) is 2. The van der Waals surface area contributed by atoms with Crippen LogP contribution in [0.15, 0.2) is 24.3 Å². The Morgan fingerprint density at radius 3 is 2.30 bits per heavy atom. The first-order valence-electron chi connectivity index (χ1n) is 10.7. The van der Waals surface area contributed by atoms with Crippen LogP contribution in [0.4, 0.5) is 11.4 Å². The number of piperidine rings is 1. The van der Waals surface area contributed by atoms with Gasteiger partial charge in [0, 0.05) is 43.5 Å². The minimum atomic E-state index is -0.221. The molecule has 1 unspecified atom stereocenters. The molecule has 3 fully saturated rings. The molecule has 0 aromatic heterocycles. The minimum Gasteiger partial charge on any atom is -0.372 e. The topological polar surface area (TPSA) is 52.7 Å². The zero-order chi connectivity index (χ0) is 18.6. The molecule has 5 heteroatoms. The van der Waals surface area contributed by atoms with Crippen LogP contribution in [0.3, 0.4) is 0 Å². The van der Waals surface area contributed by atoms with Crippen molar-refractivity contribution in [2.24, 2.45) is 5.92 Å². The van der Waals surface area contributed by atoms with Gasteiger partial charge in [-0.1, -0.05) is 19.3 Å². The van der Waals surface area contributed by atoms with Crippen LogP contribution in [-0.2, 0) is 9.59 Å². The van der Waals surface area contributed by atoms with Crippen LogP contribution in [0.2, 0.25) is 0 Å².